The van der Waals surface area contributed by atoms with E-state index in [0.717, 1.165) is 17.7 Å². The van der Waals surface area contributed by atoms with E-state index >= 15 is 0 Å². The number of hydrogen-bond donors (Lipinski definition) is 1. The van der Waals surface area contributed by atoms with Gasteiger partial charge < -0.3 is 5.73 Å². The SMILES string of the molecule is Cn1cc(Cn2cc(CCN)cn2)nn1. The quantitative estimate of drug-likeness (QED) is 0.736. The van der Waals surface area contributed by atoms with Crippen LogP contribution in [0.15, 0.2) is 18.6 Å². The van der Waals surface area contributed by atoms with E-state index in [-0.39, 0.29) is 0 Å². The van der Waals surface area contributed by atoms with Crippen LogP contribution in [-0.4, -0.2) is 31.3 Å². The van der Waals surface area contributed by atoms with Gasteiger partial charge in [0.1, 0.15) is 5.69 Å². The number of rotatable bonds is 4. The van der Waals surface area contributed by atoms with Crippen molar-refractivity contribution >= 4 is 0 Å². The topological polar surface area (TPSA) is 74.5 Å². The molecule has 80 valence electrons. The third-order valence-electron chi connectivity index (χ3n) is 2.09. The first-order valence-corrected chi connectivity index (χ1v) is 4.84. The summed E-state index contributed by atoms with van der Waals surface area (Å²) in [5.41, 5.74) is 7.52. The van der Waals surface area contributed by atoms with Crippen molar-refractivity contribution in [2.24, 2.45) is 12.8 Å². The van der Waals surface area contributed by atoms with Crippen LogP contribution in [0, 0.1) is 0 Å². The van der Waals surface area contributed by atoms with Crippen molar-refractivity contribution in [3.05, 3.63) is 29.8 Å². The zero-order valence-corrected chi connectivity index (χ0v) is 8.67. The van der Waals surface area contributed by atoms with E-state index in [4.69, 9.17) is 5.73 Å². The molecule has 0 aliphatic rings. The Labute approximate surface area is 87.7 Å². The van der Waals surface area contributed by atoms with Gasteiger partial charge in [-0.2, -0.15) is 5.10 Å². The predicted molar refractivity (Wildman–Crippen MR) is 55.1 cm³/mol. The standard InChI is InChI=1S/C9H14N6/c1-14-6-9(12-13-14)7-15-5-8(2-3-10)4-11-15/h4-6H,2-3,7,10H2,1H3. The maximum absolute atomic E-state index is 5.46. The van der Waals surface area contributed by atoms with Gasteiger partial charge in [0.25, 0.3) is 0 Å². The minimum absolute atomic E-state index is 0.650. The second kappa shape index (κ2) is 4.22. The van der Waals surface area contributed by atoms with Crippen LogP contribution in [0.3, 0.4) is 0 Å². The molecule has 0 amide bonds. The highest BCUT2D eigenvalue weighted by Gasteiger charge is 2.01. The largest absolute Gasteiger partial charge is 0.330 e. The van der Waals surface area contributed by atoms with E-state index in [1.54, 1.807) is 4.68 Å². The lowest BCUT2D eigenvalue weighted by molar-refractivity contribution is 0.667. The molecular formula is C9H14N6. The molecule has 0 atom stereocenters. The molecule has 0 aliphatic heterocycles. The summed E-state index contributed by atoms with van der Waals surface area (Å²) in [6, 6.07) is 0. The molecule has 0 spiro atoms. The van der Waals surface area contributed by atoms with E-state index in [1.165, 1.54) is 0 Å². The summed E-state index contributed by atoms with van der Waals surface area (Å²) in [4.78, 5) is 0. The molecule has 0 aromatic carbocycles. The van der Waals surface area contributed by atoms with Gasteiger partial charge in [0.05, 0.1) is 12.7 Å². The van der Waals surface area contributed by atoms with E-state index < -0.39 is 0 Å². The van der Waals surface area contributed by atoms with E-state index in [2.05, 4.69) is 15.4 Å². The molecule has 0 unspecified atom stereocenters. The summed E-state index contributed by atoms with van der Waals surface area (Å²) < 4.78 is 3.52. The smallest absolute Gasteiger partial charge is 0.104 e. The molecule has 6 nitrogen and oxygen atoms in total. The third-order valence-corrected chi connectivity index (χ3v) is 2.09. The Morgan fingerprint density at radius 2 is 2.27 bits per heavy atom. The molecular weight excluding hydrogens is 192 g/mol. The van der Waals surface area contributed by atoms with Gasteiger partial charge in [-0.1, -0.05) is 5.21 Å². The van der Waals surface area contributed by atoms with Crippen molar-refractivity contribution in [3.8, 4) is 0 Å². The summed E-state index contributed by atoms with van der Waals surface area (Å²) in [6.07, 6.45) is 6.57. The summed E-state index contributed by atoms with van der Waals surface area (Å²) in [7, 11) is 1.85. The highest BCUT2D eigenvalue weighted by molar-refractivity contribution is 5.05. The molecule has 0 radical (unpaired) electrons. The van der Waals surface area contributed by atoms with Gasteiger partial charge in [0.15, 0.2) is 0 Å². The lowest BCUT2D eigenvalue weighted by Crippen LogP contribution is -2.02. The van der Waals surface area contributed by atoms with Crippen molar-refractivity contribution in [2.75, 3.05) is 6.54 Å². The van der Waals surface area contributed by atoms with Crippen molar-refractivity contribution in [1.29, 1.82) is 0 Å². The van der Waals surface area contributed by atoms with Crippen LogP contribution in [0.1, 0.15) is 11.3 Å². The van der Waals surface area contributed by atoms with Crippen molar-refractivity contribution in [1.82, 2.24) is 24.8 Å². The fourth-order valence-corrected chi connectivity index (χ4v) is 1.42. The summed E-state index contributed by atoms with van der Waals surface area (Å²) in [5.74, 6) is 0. The van der Waals surface area contributed by atoms with Crippen LogP contribution in [-0.2, 0) is 20.0 Å². The van der Waals surface area contributed by atoms with Gasteiger partial charge >= 0.3 is 0 Å². The molecule has 2 N–H and O–H groups in total. The van der Waals surface area contributed by atoms with Gasteiger partial charge in [-0.15, -0.1) is 5.10 Å². The number of hydrogen-bond acceptors (Lipinski definition) is 4. The molecule has 6 heteroatoms. The minimum Gasteiger partial charge on any atom is -0.330 e. The molecule has 2 rings (SSSR count). The second-order valence-corrected chi connectivity index (χ2v) is 3.47. The van der Waals surface area contributed by atoms with Crippen molar-refractivity contribution in [3.63, 3.8) is 0 Å². The summed E-state index contributed by atoms with van der Waals surface area (Å²) in [5, 5.41) is 12.1. The number of aryl methyl sites for hydroxylation is 1. The van der Waals surface area contributed by atoms with Crippen molar-refractivity contribution < 1.29 is 0 Å². The molecule has 0 fully saturated rings. The van der Waals surface area contributed by atoms with E-state index in [1.807, 2.05) is 30.3 Å². The van der Waals surface area contributed by atoms with Crippen LogP contribution in [0.25, 0.3) is 0 Å². The molecule has 0 saturated carbocycles. The molecule has 2 heterocycles. The second-order valence-electron chi connectivity index (χ2n) is 3.47. The highest BCUT2D eigenvalue weighted by Crippen LogP contribution is 2.01. The maximum atomic E-state index is 5.46. The van der Waals surface area contributed by atoms with Gasteiger partial charge in [0, 0.05) is 19.4 Å². The minimum atomic E-state index is 0.650. The van der Waals surface area contributed by atoms with Crippen LogP contribution >= 0.6 is 0 Å². The summed E-state index contributed by atoms with van der Waals surface area (Å²) in [6.45, 7) is 1.30. The monoisotopic (exact) mass is 206 g/mol. The fraction of sp³-hybridized carbons (Fsp3) is 0.444. The molecule has 2 aromatic rings. The van der Waals surface area contributed by atoms with E-state index in [0.29, 0.717) is 13.1 Å². The maximum Gasteiger partial charge on any atom is 0.104 e. The number of aromatic nitrogens is 5. The first kappa shape index (κ1) is 9.85. The predicted octanol–water partition coefficient (Wildman–Crippen LogP) is -0.439. The summed E-state index contributed by atoms with van der Waals surface area (Å²) >= 11 is 0. The Morgan fingerprint density at radius 3 is 2.93 bits per heavy atom. The first-order chi connectivity index (χ1) is 7.28. The Kier molecular flexibility index (Phi) is 2.77. The third kappa shape index (κ3) is 2.41. The van der Waals surface area contributed by atoms with Crippen LogP contribution < -0.4 is 5.73 Å². The molecule has 0 bridgehead atoms. The first-order valence-electron chi connectivity index (χ1n) is 4.84. The van der Waals surface area contributed by atoms with Crippen LogP contribution in [0.5, 0.6) is 0 Å². The molecule has 0 saturated heterocycles. The average molecular weight is 206 g/mol. The highest BCUT2D eigenvalue weighted by atomic mass is 15.4. The van der Waals surface area contributed by atoms with Crippen molar-refractivity contribution in [2.45, 2.75) is 13.0 Å². The lowest BCUT2D eigenvalue weighted by Gasteiger charge is -1.95. The Hall–Kier alpha value is -1.69. The zero-order valence-electron chi connectivity index (χ0n) is 8.67. The van der Waals surface area contributed by atoms with Gasteiger partial charge in [0.2, 0.25) is 0 Å². The van der Waals surface area contributed by atoms with Gasteiger partial charge in [-0.25, -0.2) is 0 Å². The molecule has 15 heavy (non-hydrogen) atoms. The Morgan fingerprint density at radius 1 is 1.40 bits per heavy atom. The average Bonchev–Trinajstić information content (AvgIpc) is 2.78. The Balaban J connectivity index is 2.04. The number of nitrogens with zero attached hydrogens (tertiary/aromatic N) is 5. The molecule has 2 aromatic heterocycles. The van der Waals surface area contributed by atoms with Gasteiger partial charge in [-0.05, 0) is 18.5 Å². The fourth-order valence-electron chi connectivity index (χ4n) is 1.42. The van der Waals surface area contributed by atoms with Crippen LogP contribution in [0.4, 0.5) is 0 Å². The van der Waals surface area contributed by atoms with Gasteiger partial charge in [-0.3, -0.25) is 9.36 Å². The Bertz CT molecular complexity index is 429. The lowest BCUT2D eigenvalue weighted by atomic mass is 10.3. The van der Waals surface area contributed by atoms with Crippen LogP contribution in [0.2, 0.25) is 0 Å². The zero-order chi connectivity index (χ0) is 10.7. The van der Waals surface area contributed by atoms with E-state index in [9.17, 15) is 0 Å². The molecule has 0 aliphatic carbocycles. The number of nitrogens with two attached hydrogens (primary N) is 1. The normalized spacial score (nSPS) is 10.8.